The van der Waals surface area contributed by atoms with Crippen molar-refractivity contribution in [3.8, 4) is 0 Å². The summed E-state index contributed by atoms with van der Waals surface area (Å²) in [5.74, 6) is -1.71. The molecule has 0 saturated heterocycles. The fourth-order valence-electron chi connectivity index (χ4n) is 1.05. The lowest BCUT2D eigenvalue weighted by Crippen LogP contribution is -2.44. The van der Waals surface area contributed by atoms with Crippen LogP contribution in [0.1, 0.15) is 33.6 Å². The van der Waals surface area contributed by atoms with Crippen LogP contribution in [0.25, 0.3) is 0 Å². The van der Waals surface area contributed by atoms with Gasteiger partial charge < -0.3 is 15.2 Å². The van der Waals surface area contributed by atoms with Crippen molar-refractivity contribution < 1.29 is 19.5 Å². The highest BCUT2D eigenvalue weighted by Gasteiger charge is 2.23. The molecule has 0 spiro atoms. The summed E-state index contributed by atoms with van der Waals surface area (Å²) in [6.07, 6.45) is 0.197. The van der Waals surface area contributed by atoms with Crippen LogP contribution in [0.15, 0.2) is 0 Å². The zero-order valence-electron chi connectivity index (χ0n) is 9.24. The fourth-order valence-corrected chi connectivity index (χ4v) is 1.05. The molecular formula is C10H17NO4. The lowest BCUT2D eigenvalue weighted by atomic mass is 10.0. The number of carboxylic acid groups (broad SMARTS) is 1. The molecule has 5 heteroatoms. The van der Waals surface area contributed by atoms with Gasteiger partial charge in [-0.05, 0) is 12.8 Å². The van der Waals surface area contributed by atoms with Crippen molar-refractivity contribution in [3.05, 3.63) is 0 Å². The van der Waals surface area contributed by atoms with E-state index in [1.165, 1.54) is 6.92 Å². The third-order valence-electron chi connectivity index (χ3n) is 1.95. The summed E-state index contributed by atoms with van der Waals surface area (Å²) in [5, 5.41) is 11.2. The Hall–Kier alpha value is -1.39. The standard InChI is InChI=1S/C10H17NO4/c1-6(2)9(10(14)15)11-8(13)5-4-7(3)12/h6,9H,4-5H2,1-3H3,(H,11,13)(H,14,15)/t9-/m0/s1. The number of hydrogen-bond donors (Lipinski definition) is 2. The summed E-state index contributed by atoms with van der Waals surface area (Å²) in [7, 11) is 0. The molecule has 1 amide bonds. The van der Waals surface area contributed by atoms with E-state index in [9.17, 15) is 14.4 Å². The van der Waals surface area contributed by atoms with Crippen LogP contribution < -0.4 is 5.32 Å². The molecule has 0 aliphatic rings. The van der Waals surface area contributed by atoms with E-state index < -0.39 is 17.9 Å². The number of carbonyl (C=O) groups is 3. The first-order valence-electron chi connectivity index (χ1n) is 4.86. The molecular weight excluding hydrogens is 198 g/mol. The number of ketones is 1. The predicted octanol–water partition coefficient (Wildman–Crippen LogP) is 0.581. The van der Waals surface area contributed by atoms with Gasteiger partial charge in [-0.25, -0.2) is 4.79 Å². The normalized spacial score (nSPS) is 12.3. The number of amides is 1. The highest BCUT2D eigenvalue weighted by molar-refractivity contribution is 5.86. The third-order valence-corrected chi connectivity index (χ3v) is 1.95. The highest BCUT2D eigenvalue weighted by Crippen LogP contribution is 2.02. The number of Topliss-reactive ketones (excluding diaryl/α,β-unsaturated/α-hetero) is 1. The Morgan fingerprint density at radius 2 is 1.73 bits per heavy atom. The fraction of sp³-hybridized carbons (Fsp3) is 0.700. The molecule has 1 atom stereocenters. The Bertz CT molecular complexity index is 260. The molecule has 86 valence electrons. The van der Waals surface area contributed by atoms with Crippen molar-refractivity contribution >= 4 is 17.7 Å². The molecule has 5 nitrogen and oxygen atoms in total. The van der Waals surface area contributed by atoms with Gasteiger partial charge >= 0.3 is 5.97 Å². The first-order chi connectivity index (χ1) is 6.84. The smallest absolute Gasteiger partial charge is 0.326 e. The topological polar surface area (TPSA) is 83.5 Å². The van der Waals surface area contributed by atoms with Crippen LogP contribution >= 0.6 is 0 Å². The van der Waals surface area contributed by atoms with Crippen LogP contribution in [-0.4, -0.2) is 28.8 Å². The van der Waals surface area contributed by atoms with Gasteiger partial charge in [-0.1, -0.05) is 13.8 Å². The second-order valence-corrected chi connectivity index (χ2v) is 3.83. The van der Waals surface area contributed by atoms with Gasteiger partial charge in [0.15, 0.2) is 0 Å². The van der Waals surface area contributed by atoms with E-state index in [0.29, 0.717) is 0 Å². The average molecular weight is 215 g/mol. The Balaban J connectivity index is 4.12. The summed E-state index contributed by atoms with van der Waals surface area (Å²) in [5.41, 5.74) is 0. The molecule has 0 aromatic carbocycles. The van der Waals surface area contributed by atoms with Crippen LogP contribution in [0.2, 0.25) is 0 Å². The van der Waals surface area contributed by atoms with E-state index in [1.807, 2.05) is 0 Å². The van der Waals surface area contributed by atoms with E-state index >= 15 is 0 Å². The quantitative estimate of drug-likeness (QED) is 0.679. The minimum absolute atomic E-state index is 0.0475. The molecule has 0 aliphatic heterocycles. The molecule has 0 heterocycles. The second-order valence-electron chi connectivity index (χ2n) is 3.83. The Morgan fingerprint density at radius 3 is 2.07 bits per heavy atom. The average Bonchev–Trinajstić information content (AvgIpc) is 2.09. The van der Waals surface area contributed by atoms with E-state index in [-0.39, 0.29) is 24.5 Å². The molecule has 0 saturated carbocycles. The monoisotopic (exact) mass is 215 g/mol. The van der Waals surface area contributed by atoms with Crippen molar-refractivity contribution in [1.82, 2.24) is 5.32 Å². The second kappa shape index (κ2) is 6.16. The van der Waals surface area contributed by atoms with E-state index in [2.05, 4.69) is 5.32 Å². The van der Waals surface area contributed by atoms with Crippen molar-refractivity contribution in [3.63, 3.8) is 0 Å². The number of carbonyl (C=O) groups excluding carboxylic acids is 2. The largest absolute Gasteiger partial charge is 0.480 e. The van der Waals surface area contributed by atoms with E-state index in [4.69, 9.17) is 5.11 Å². The molecule has 0 radical (unpaired) electrons. The number of aliphatic carboxylic acids is 1. The summed E-state index contributed by atoms with van der Waals surface area (Å²) < 4.78 is 0. The summed E-state index contributed by atoms with van der Waals surface area (Å²) in [6.45, 7) is 4.82. The summed E-state index contributed by atoms with van der Waals surface area (Å²) >= 11 is 0. The molecule has 0 aliphatic carbocycles. The SMILES string of the molecule is CC(=O)CCC(=O)N[C@H](C(=O)O)C(C)C. The van der Waals surface area contributed by atoms with E-state index in [0.717, 1.165) is 0 Å². The molecule has 0 unspecified atom stereocenters. The number of rotatable bonds is 6. The zero-order chi connectivity index (χ0) is 12.0. The van der Waals surface area contributed by atoms with Crippen molar-refractivity contribution in [1.29, 1.82) is 0 Å². The molecule has 0 rings (SSSR count). The maximum atomic E-state index is 11.2. The molecule has 0 bridgehead atoms. The van der Waals surface area contributed by atoms with Crippen molar-refractivity contribution in [2.45, 2.75) is 39.7 Å². The van der Waals surface area contributed by atoms with Crippen molar-refractivity contribution in [2.24, 2.45) is 5.92 Å². The number of carboxylic acids is 1. The molecule has 0 fully saturated rings. The highest BCUT2D eigenvalue weighted by atomic mass is 16.4. The Morgan fingerprint density at radius 1 is 1.20 bits per heavy atom. The van der Waals surface area contributed by atoms with Crippen LogP contribution in [-0.2, 0) is 14.4 Å². The van der Waals surface area contributed by atoms with Gasteiger partial charge in [-0.3, -0.25) is 4.79 Å². The first-order valence-corrected chi connectivity index (χ1v) is 4.86. The molecule has 0 aromatic rings. The minimum atomic E-state index is -1.05. The number of nitrogens with one attached hydrogen (secondary N) is 1. The van der Waals surface area contributed by atoms with Crippen molar-refractivity contribution in [2.75, 3.05) is 0 Å². The van der Waals surface area contributed by atoms with Gasteiger partial charge in [-0.15, -0.1) is 0 Å². The molecule has 2 N–H and O–H groups in total. The van der Waals surface area contributed by atoms with Crippen LogP contribution in [0.3, 0.4) is 0 Å². The van der Waals surface area contributed by atoms with Gasteiger partial charge in [0.2, 0.25) is 5.91 Å². The van der Waals surface area contributed by atoms with Crippen LogP contribution in [0.4, 0.5) is 0 Å². The predicted molar refractivity (Wildman–Crippen MR) is 54.3 cm³/mol. The van der Waals surface area contributed by atoms with Crippen LogP contribution in [0, 0.1) is 5.92 Å². The summed E-state index contributed by atoms with van der Waals surface area (Å²) in [4.78, 5) is 32.6. The third kappa shape index (κ3) is 5.83. The maximum absolute atomic E-state index is 11.2. The number of hydrogen-bond acceptors (Lipinski definition) is 3. The van der Waals surface area contributed by atoms with E-state index in [1.54, 1.807) is 13.8 Å². The molecule has 15 heavy (non-hydrogen) atoms. The first kappa shape index (κ1) is 13.6. The Kier molecular flexibility index (Phi) is 5.59. The minimum Gasteiger partial charge on any atom is -0.480 e. The zero-order valence-corrected chi connectivity index (χ0v) is 9.24. The van der Waals surface area contributed by atoms with Gasteiger partial charge in [0.25, 0.3) is 0 Å². The van der Waals surface area contributed by atoms with Gasteiger partial charge in [-0.2, -0.15) is 0 Å². The lowest BCUT2D eigenvalue weighted by Gasteiger charge is -2.17. The maximum Gasteiger partial charge on any atom is 0.326 e. The molecule has 0 aromatic heterocycles. The van der Waals surface area contributed by atoms with Gasteiger partial charge in [0.1, 0.15) is 11.8 Å². The lowest BCUT2D eigenvalue weighted by molar-refractivity contribution is -0.143. The Labute approximate surface area is 88.9 Å². The van der Waals surface area contributed by atoms with Gasteiger partial charge in [0.05, 0.1) is 0 Å². The van der Waals surface area contributed by atoms with Crippen LogP contribution in [0.5, 0.6) is 0 Å². The van der Waals surface area contributed by atoms with Gasteiger partial charge in [0, 0.05) is 12.8 Å². The summed E-state index contributed by atoms with van der Waals surface area (Å²) in [6, 6.07) is -0.885.